The number of hydrogen-bond acceptors (Lipinski definition) is 1. The molecule has 0 fully saturated rings. The summed E-state index contributed by atoms with van der Waals surface area (Å²) in [5.41, 5.74) is 5.07. The van der Waals surface area contributed by atoms with Crippen LogP contribution in [0.15, 0.2) is 24.5 Å². The average Bonchev–Trinajstić information content (AvgIpc) is 2.36. The van der Waals surface area contributed by atoms with Gasteiger partial charge in [-0.3, -0.25) is 4.79 Å². The average molecular weight is 138 g/mol. The quantitative estimate of drug-likeness (QED) is 0.636. The summed E-state index contributed by atoms with van der Waals surface area (Å²) < 4.78 is 1.77. The molecule has 0 saturated carbocycles. The molecule has 0 saturated heterocycles. The van der Waals surface area contributed by atoms with Gasteiger partial charge in [0.25, 0.3) is 0 Å². The van der Waals surface area contributed by atoms with Crippen LogP contribution in [0.4, 0.5) is 0 Å². The number of nitrogens with two attached hydrogens (primary N) is 1. The van der Waals surface area contributed by atoms with Crippen LogP contribution in [0.2, 0.25) is 0 Å². The van der Waals surface area contributed by atoms with Crippen LogP contribution in [0, 0.1) is 0 Å². The van der Waals surface area contributed by atoms with Crippen molar-refractivity contribution in [1.29, 1.82) is 0 Å². The van der Waals surface area contributed by atoms with Crippen LogP contribution in [0.1, 0.15) is 13.0 Å². The monoisotopic (exact) mass is 138 g/mol. The van der Waals surface area contributed by atoms with Crippen LogP contribution in [-0.4, -0.2) is 10.5 Å². The molecule has 3 heteroatoms. The molecule has 1 rings (SSSR count). The molecule has 1 aromatic rings. The summed E-state index contributed by atoms with van der Waals surface area (Å²) >= 11 is 0. The van der Waals surface area contributed by atoms with E-state index in [2.05, 4.69) is 0 Å². The number of nitrogens with zero attached hydrogens (tertiary/aromatic N) is 1. The van der Waals surface area contributed by atoms with Gasteiger partial charge >= 0.3 is 0 Å². The Labute approximate surface area is 59.4 Å². The van der Waals surface area contributed by atoms with E-state index in [1.54, 1.807) is 11.5 Å². The zero-order chi connectivity index (χ0) is 7.56. The summed E-state index contributed by atoms with van der Waals surface area (Å²) in [4.78, 5) is 10.6. The van der Waals surface area contributed by atoms with Crippen molar-refractivity contribution in [1.82, 2.24) is 4.57 Å². The summed E-state index contributed by atoms with van der Waals surface area (Å²) in [7, 11) is 0. The first-order valence-electron chi connectivity index (χ1n) is 3.13. The summed E-state index contributed by atoms with van der Waals surface area (Å²) in [5.74, 6) is -0.309. The van der Waals surface area contributed by atoms with E-state index in [1.807, 2.05) is 24.5 Å². The Morgan fingerprint density at radius 3 is 2.40 bits per heavy atom. The first kappa shape index (κ1) is 6.86. The maximum Gasteiger partial charge on any atom is 0.240 e. The fourth-order valence-electron chi connectivity index (χ4n) is 0.753. The standard InChI is InChI=1S/C7H10N2O/c1-6(7(8)10)9-4-2-3-5-9/h2-6H,1H3,(H2,8,10)/t6-/m0/s1. The minimum atomic E-state index is -0.309. The van der Waals surface area contributed by atoms with Crippen molar-refractivity contribution in [3.05, 3.63) is 24.5 Å². The second kappa shape index (κ2) is 2.56. The Morgan fingerprint density at radius 1 is 1.50 bits per heavy atom. The van der Waals surface area contributed by atoms with Gasteiger partial charge in [0, 0.05) is 12.4 Å². The highest BCUT2D eigenvalue weighted by molar-refractivity contribution is 5.77. The van der Waals surface area contributed by atoms with E-state index in [-0.39, 0.29) is 11.9 Å². The van der Waals surface area contributed by atoms with E-state index in [0.29, 0.717) is 0 Å². The van der Waals surface area contributed by atoms with E-state index in [9.17, 15) is 4.79 Å². The van der Waals surface area contributed by atoms with E-state index in [1.165, 1.54) is 0 Å². The summed E-state index contributed by atoms with van der Waals surface area (Å²) in [6, 6.07) is 3.48. The molecule has 54 valence electrons. The molecule has 0 aliphatic carbocycles. The Bertz CT molecular complexity index is 216. The molecule has 0 spiro atoms. The summed E-state index contributed by atoms with van der Waals surface area (Å²) in [6.07, 6.45) is 3.63. The summed E-state index contributed by atoms with van der Waals surface area (Å²) in [6.45, 7) is 1.77. The van der Waals surface area contributed by atoms with Crippen LogP contribution < -0.4 is 5.73 Å². The minimum Gasteiger partial charge on any atom is -0.368 e. The molecule has 0 bridgehead atoms. The highest BCUT2D eigenvalue weighted by atomic mass is 16.1. The van der Waals surface area contributed by atoms with Crippen LogP contribution >= 0.6 is 0 Å². The lowest BCUT2D eigenvalue weighted by atomic mass is 10.3. The number of carbonyl (C=O) groups is 1. The number of primary amides is 1. The Morgan fingerprint density at radius 2 is 2.00 bits per heavy atom. The molecule has 0 aliphatic heterocycles. The molecule has 0 aromatic carbocycles. The van der Waals surface area contributed by atoms with Crippen molar-refractivity contribution in [2.45, 2.75) is 13.0 Å². The maximum atomic E-state index is 10.6. The van der Waals surface area contributed by atoms with Crippen molar-refractivity contribution in [3.63, 3.8) is 0 Å². The number of amides is 1. The third-order valence-corrected chi connectivity index (χ3v) is 1.49. The molecule has 0 aliphatic rings. The van der Waals surface area contributed by atoms with Gasteiger partial charge in [-0.05, 0) is 19.1 Å². The molecule has 1 amide bonds. The lowest BCUT2D eigenvalue weighted by Crippen LogP contribution is -2.22. The van der Waals surface area contributed by atoms with Crippen LogP contribution in [-0.2, 0) is 4.79 Å². The number of hydrogen-bond donors (Lipinski definition) is 1. The van der Waals surface area contributed by atoms with Gasteiger partial charge in [-0.1, -0.05) is 0 Å². The first-order valence-corrected chi connectivity index (χ1v) is 3.13. The number of aromatic nitrogens is 1. The van der Waals surface area contributed by atoms with Crippen LogP contribution in [0.5, 0.6) is 0 Å². The molecular formula is C7H10N2O. The van der Waals surface area contributed by atoms with Crippen LogP contribution in [0.3, 0.4) is 0 Å². The second-order valence-corrected chi connectivity index (χ2v) is 2.21. The Hall–Kier alpha value is -1.25. The Balaban J connectivity index is 2.77. The van der Waals surface area contributed by atoms with Crippen molar-refractivity contribution in [2.24, 2.45) is 5.73 Å². The fourth-order valence-corrected chi connectivity index (χ4v) is 0.753. The topological polar surface area (TPSA) is 48.0 Å². The molecule has 1 atom stereocenters. The zero-order valence-electron chi connectivity index (χ0n) is 5.82. The lowest BCUT2D eigenvalue weighted by molar-refractivity contribution is -0.120. The maximum absolute atomic E-state index is 10.6. The molecule has 2 N–H and O–H groups in total. The normalized spacial score (nSPS) is 12.9. The second-order valence-electron chi connectivity index (χ2n) is 2.21. The number of carbonyl (C=O) groups excluding carboxylic acids is 1. The third-order valence-electron chi connectivity index (χ3n) is 1.49. The molecule has 0 radical (unpaired) electrons. The van der Waals surface area contributed by atoms with Crippen molar-refractivity contribution >= 4 is 5.91 Å². The van der Waals surface area contributed by atoms with Gasteiger partial charge in [0.2, 0.25) is 5.91 Å². The van der Waals surface area contributed by atoms with E-state index in [4.69, 9.17) is 5.73 Å². The van der Waals surface area contributed by atoms with Crippen molar-refractivity contribution in [3.8, 4) is 0 Å². The van der Waals surface area contributed by atoms with E-state index >= 15 is 0 Å². The predicted molar refractivity (Wildman–Crippen MR) is 38.3 cm³/mol. The van der Waals surface area contributed by atoms with Gasteiger partial charge in [0.1, 0.15) is 6.04 Å². The van der Waals surface area contributed by atoms with Gasteiger partial charge in [0.15, 0.2) is 0 Å². The van der Waals surface area contributed by atoms with Gasteiger partial charge in [-0.15, -0.1) is 0 Å². The minimum absolute atomic E-state index is 0.241. The molecule has 1 heterocycles. The van der Waals surface area contributed by atoms with E-state index < -0.39 is 0 Å². The van der Waals surface area contributed by atoms with E-state index in [0.717, 1.165) is 0 Å². The van der Waals surface area contributed by atoms with Gasteiger partial charge < -0.3 is 10.3 Å². The highest BCUT2D eigenvalue weighted by Crippen LogP contribution is 2.03. The smallest absolute Gasteiger partial charge is 0.240 e. The molecule has 0 unspecified atom stereocenters. The van der Waals surface area contributed by atoms with Gasteiger partial charge in [0.05, 0.1) is 0 Å². The Kier molecular flexibility index (Phi) is 1.76. The zero-order valence-corrected chi connectivity index (χ0v) is 5.82. The molecule has 10 heavy (non-hydrogen) atoms. The molecule has 1 aromatic heterocycles. The van der Waals surface area contributed by atoms with Gasteiger partial charge in [-0.2, -0.15) is 0 Å². The largest absolute Gasteiger partial charge is 0.368 e. The SMILES string of the molecule is C[C@@H](C(N)=O)n1cccc1. The molecular weight excluding hydrogens is 128 g/mol. The summed E-state index contributed by atoms with van der Waals surface area (Å²) in [5, 5.41) is 0. The third kappa shape index (κ3) is 1.18. The molecule has 3 nitrogen and oxygen atoms in total. The van der Waals surface area contributed by atoms with Crippen molar-refractivity contribution < 1.29 is 4.79 Å². The first-order chi connectivity index (χ1) is 4.72. The van der Waals surface area contributed by atoms with Crippen molar-refractivity contribution in [2.75, 3.05) is 0 Å². The van der Waals surface area contributed by atoms with Crippen LogP contribution in [0.25, 0.3) is 0 Å². The van der Waals surface area contributed by atoms with Gasteiger partial charge in [-0.25, -0.2) is 0 Å². The number of rotatable bonds is 2. The lowest BCUT2D eigenvalue weighted by Gasteiger charge is -2.07. The fraction of sp³-hybridized carbons (Fsp3) is 0.286. The predicted octanol–water partition coefficient (Wildman–Crippen LogP) is 0.534. The highest BCUT2D eigenvalue weighted by Gasteiger charge is 2.07.